The summed E-state index contributed by atoms with van der Waals surface area (Å²) in [5.41, 5.74) is 4.10. The molecule has 2 aromatic carbocycles. The Hall–Kier alpha value is -1.78. The number of aryl methyl sites for hydroxylation is 3. The zero-order chi connectivity index (χ0) is 16.7. The van der Waals surface area contributed by atoms with E-state index in [4.69, 9.17) is 0 Å². The summed E-state index contributed by atoms with van der Waals surface area (Å²) in [4.78, 5) is 0. The molecule has 4 rings (SSSR count). The highest BCUT2D eigenvalue weighted by atomic mass is 32.1. The minimum atomic E-state index is 0.997. The molecule has 0 aliphatic rings. The molecule has 0 fully saturated rings. The highest BCUT2D eigenvalue weighted by molar-refractivity contribution is 7.18. The van der Waals surface area contributed by atoms with E-state index in [-0.39, 0.29) is 0 Å². The number of benzene rings is 2. The van der Waals surface area contributed by atoms with Crippen molar-refractivity contribution < 1.29 is 9.13 Å². The summed E-state index contributed by atoms with van der Waals surface area (Å²) >= 11 is 3.81. The predicted octanol–water partition coefficient (Wildman–Crippen LogP) is 4.54. The van der Waals surface area contributed by atoms with Gasteiger partial charge in [-0.15, -0.1) is 0 Å². The highest BCUT2D eigenvalue weighted by Crippen LogP contribution is 2.25. The second-order valence-electron chi connectivity index (χ2n) is 6.27. The Balaban J connectivity index is 1.72. The van der Waals surface area contributed by atoms with Crippen LogP contribution in [0.4, 0.5) is 0 Å². The predicted molar refractivity (Wildman–Crippen MR) is 103 cm³/mol. The van der Waals surface area contributed by atoms with Gasteiger partial charge in [0, 0.05) is 25.5 Å². The van der Waals surface area contributed by atoms with Crippen LogP contribution in [0.3, 0.4) is 0 Å². The van der Waals surface area contributed by atoms with Crippen molar-refractivity contribution in [2.75, 3.05) is 0 Å². The Kier molecular flexibility index (Phi) is 4.10. The van der Waals surface area contributed by atoms with Crippen molar-refractivity contribution in [3.8, 4) is 0 Å². The van der Waals surface area contributed by atoms with Crippen LogP contribution >= 0.6 is 22.7 Å². The lowest BCUT2D eigenvalue weighted by molar-refractivity contribution is -0.672. The summed E-state index contributed by atoms with van der Waals surface area (Å²) in [5, 5.41) is 2.81. The van der Waals surface area contributed by atoms with E-state index in [1.807, 2.05) is 22.7 Å². The van der Waals surface area contributed by atoms with Gasteiger partial charge in [0.05, 0.1) is 6.42 Å². The van der Waals surface area contributed by atoms with E-state index in [0.717, 1.165) is 13.0 Å². The van der Waals surface area contributed by atoms with Gasteiger partial charge in [-0.25, -0.2) is 0 Å². The van der Waals surface area contributed by atoms with E-state index >= 15 is 0 Å². The third kappa shape index (κ3) is 2.64. The lowest BCUT2D eigenvalue weighted by Crippen LogP contribution is -2.34. The molecular weight excluding hydrogens is 332 g/mol. The molecule has 0 saturated carbocycles. The molecule has 2 aromatic heterocycles. The van der Waals surface area contributed by atoms with Crippen LogP contribution in [0.25, 0.3) is 20.4 Å². The Morgan fingerprint density at radius 1 is 0.958 bits per heavy atom. The maximum atomic E-state index is 2.45. The molecule has 0 spiro atoms. The summed E-state index contributed by atoms with van der Waals surface area (Å²) in [6, 6.07) is 15.6. The smallest absolute Gasteiger partial charge is 0.188 e. The Bertz CT molecular complexity index is 1030. The lowest BCUT2D eigenvalue weighted by Gasteiger charge is -1.97. The standard InChI is InChI=1S/C20H22N2S2/c1-4-11-22-14(2)23-19-12-15(9-10-17(19)22)13-20-21(3)16-7-5-6-8-18(16)24-20/h5-10,12H,4,11,13H2,1-3H3/q+2. The lowest BCUT2D eigenvalue weighted by atomic mass is 10.1. The quantitative estimate of drug-likeness (QED) is 0.476. The monoisotopic (exact) mass is 354 g/mol. The Labute approximate surface area is 150 Å². The van der Waals surface area contributed by atoms with Crippen LogP contribution in [0.5, 0.6) is 0 Å². The van der Waals surface area contributed by atoms with Gasteiger partial charge in [0.15, 0.2) is 0 Å². The normalized spacial score (nSPS) is 11.6. The van der Waals surface area contributed by atoms with Crippen molar-refractivity contribution in [2.45, 2.75) is 33.2 Å². The van der Waals surface area contributed by atoms with Gasteiger partial charge in [-0.1, -0.05) is 47.8 Å². The first-order chi connectivity index (χ1) is 11.7. The molecule has 0 bridgehead atoms. The minimum absolute atomic E-state index is 0.997. The molecule has 0 radical (unpaired) electrons. The Morgan fingerprint density at radius 2 is 1.79 bits per heavy atom. The van der Waals surface area contributed by atoms with E-state index in [1.54, 1.807) is 0 Å². The maximum Gasteiger partial charge on any atom is 0.242 e. The van der Waals surface area contributed by atoms with Gasteiger partial charge >= 0.3 is 0 Å². The molecule has 0 aliphatic carbocycles. The summed E-state index contributed by atoms with van der Waals surface area (Å²) in [6.07, 6.45) is 2.17. The van der Waals surface area contributed by atoms with Crippen LogP contribution in [0.2, 0.25) is 0 Å². The van der Waals surface area contributed by atoms with Crippen LogP contribution < -0.4 is 9.13 Å². The zero-order valence-electron chi connectivity index (χ0n) is 14.4. The van der Waals surface area contributed by atoms with Crippen LogP contribution in [0.15, 0.2) is 42.5 Å². The topological polar surface area (TPSA) is 7.76 Å². The first kappa shape index (κ1) is 15.7. The molecule has 2 nitrogen and oxygen atoms in total. The third-order valence-electron chi connectivity index (χ3n) is 4.58. The average Bonchev–Trinajstić information content (AvgIpc) is 3.06. The summed E-state index contributed by atoms with van der Waals surface area (Å²) in [6.45, 7) is 5.58. The van der Waals surface area contributed by atoms with Crippen molar-refractivity contribution in [1.82, 2.24) is 0 Å². The van der Waals surface area contributed by atoms with Crippen LogP contribution in [-0.2, 0) is 20.0 Å². The summed E-state index contributed by atoms with van der Waals surface area (Å²) in [5.74, 6) is 0. The van der Waals surface area contributed by atoms with Gasteiger partial charge in [0.25, 0.3) is 0 Å². The molecule has 0 atom stereocenters. The van der Waals surface area contributed by atoms with Crippen LogP contribution in [0.1, 0.15) is 28.9 Å². The van der Waals surface area contributed by atoms with Crippen LogP contribution in [-0.4, -0.2) is 0 Å². The first-order valence-electron chi connectivity index (χ1n) is 8.45. The van der Waals surface area contributed by atoms with Gasteiger partial charge in [-0.3, -0.25) is 0 Å². The number of nitrogens with zero attached hydrogens (tertiary/aromatic N) is 2. The number of thiazole rings is 2. The minimum Gasteiger partial charge on any atom is -0.188 e. The van der Waals surface area contributed by atoms with E-state index in [2.05, 4.69) is 72.5 Å². The fourth-order valence-corrected chi connectivity index (χ4v) is 5.63. The number of para-hydroxylation sites is 1. The molecule has 4 aromatic rings. The average molecular weight is 355 g/mol. The van der Waals surface area contributed by atoms with Crippen molar-refractivity contribution in [3.05, 3.63) is 58.0 Å². The molecule has 2 heterocycles. The first-order valence-corrected chi connectivity index (χ1v) is 10.1. The van der Waals surface area contributed by atoms with E-state index in [0.29, 0.717) is 0 Å². The van der Waals surface area contributed by atoms with Gasteiger partial charge in [-0.05, 0) is 17.7 Å². The fourth-order valence-electron chi connectivity index (χ4n) is 3.34. The molecule has 24 heavy (non-hydrogen) atoms. The molecule has 122 valence electrons. The highest BCUT2D eigenvalue weighted by Gasteiger charge is 2.19. The number of aromatic nitrogens is 2. The summed E-state index contributed by atoms with van der Waals surface area (Å²) < 4.78 is 7.55. The number of rotatable bonds is 4. The second kappa shape index (κ2) is 6.26. The molecular formula is C20H22N2S2+2. The molecule has 0 saturated heterocycles. The third-order valence-corrected chi connectivity index (χ3v) is 6.87. The van der Waals surface area contributed by atoms with Crippen molar-refractivity contribution in [1.29, 1.82) is 0 Å². The number of hydrogen-bond donors (Lipinski definition) is 0. The zero-order valence-corrected chi connectivity index (χ0v) is 16.0. The van der Waals surface area contributed by atoms with Crippen molar-refractivity contribution in [3.63, 3.8) is 0 Å². The van der Waals surface area contributed by atoms with E-state index in [9.17, 15) is 0 Å². The van der Waals surface area contributed by atoms with Crippen molar-refractivity contribution >= 4 is 43.1 Å². The summed E-state index contributed by atoms with van der Waals surface area (Å²) in [7, 11) is 2.18. The largest absolute Gasteiger partial charge is 0.242 e. The Morgan fingerprint density at radius 3 is 2.58 bits per heavy atom. The van der Waals surface area contributed by atoms with Gasteiger partial charge in [-0.2, -0.15) is 9.13 Å². The molecule has 4 heteroatoms. The van der Waals surface area contributed by atoms with E-state index in [1.165, 1.54) is 42.4 Å². The molecule has 0 aliphatic heterocycles. The molecule has 0 unspecified atom stereocenters. The SMILES string of the molecule is CCC[n+]1c(C)sc2cc(Cc3sc4ccccc4[n+]3C)ccc21. The van der Waals surface area contributed by atoms with Gasteiger partial charge in [0.1, 0.15) is 23.0 Å². The number of hydrogen-bond acceptors (Lipinski definition) is 2. The number of fused-ring (bicyclic) bond motifs is 2. The van der Waals surface area contributed by atoms with Gasteiger partial charge in [0.2, 0.25) is 21.0 Å². The molecule has 0 amide bonds. The van der Waals surface area contributed by atoms with Crippen molar-refractivity contribution in [2.24, 2.45) is 7.05 Å². The fraction of sp³-hybridized carbons (Fsp3) is 0.300. The van der Waals surface area contributed by atoms with Gasteiger partial charge < -0.3 is 0 Å². The van der Waals surface area contributed by atoms with Crippen LogP contribution in [0, 0.1) is 6.92 Å². The second-order valence-corrected chi connectivity index (χ2v) is 8.62. The van der Waals surface area contributed by atoms with E-state index < -0.39 is 0 Å². The maximum absolute atomic E-state index is 2.45. The molecule has 0 N–H and O–H groups in total.